The van der Waals surface area contributed by atoms with Crippen LogP contribution in [-0.2, 0) is 6.54 Å². The lowest BCUT2D eigenvalue weighted by Crippen LogP contribution is -2.24. The summed E-state index contributed by atoms with van der Waals surface area (Å²) < 4.78 is 27.3. The first-order valence-electron chi connectivity index (χ1n) is 7.72. The maximum Gasteiger partial charge on any atom is 0.255 e. The van der Waals surface area contributed by atoms with Crippen molar-refractivity contribution < 1.29 is 13.6 Å². The SMILES string of the molecule is O=C(NCc1ccc(F)c(F)c1)c1cccnc1Nc1cccc(I)c1. The molecule has 0 spiro atoms. The minimum Gasteiger partial charge on any atom is -0.348 e. The van der Waals surface area contributed by atoms with Crippen LogP contribution in [0.3, 0.4) is 0 Å². The van der Waals surface area contributed by atoms with Crippen molar-refractivity contribution in [2.24, 2.45) is 0 Å². The Kier molecular flexibility index (Phi) is 5.77. The van der Waals surface area contributed by atoms with Gasteiger partial charge in [-0.2, -0.15) is 0 Å². The molecule has 0 radical (unpaired) electrons. The van der Waals surface area contributed by atoms with Gasteiger partial charge >= 0.3 is 0 Å². The van der Waals surface area contributed by atoms with Crippen LogP contribution in [0.5, 0.6) is 0 Å². The first kappa shape index (κ1) is 18.2. The van der Waals surface area contributed by atoms with E-state index in [4.69, 9.17) is 0 Å². The molecular weight excluding hydrogens is 451 g/mol. The third kappa shape index (κ3) is 4.54. The van der Waals surface area contributed by atoms with Crippen molar-refractivity contribution in [2.45, 2.75) is 6.54 Å². The maximum absolute atomic E-state index is 13.3. The Morgan fingerprint density at radius 3 is 2.65 bits per heavy atom. The van der Waals surface area contributed by atoms with Gasteiger partial charge in [0.2, 0.25) is 0 Å². The summed E-state index contributed by atoms with van der Waals surface area (Å²) in [5.41, 5.74) is 1.63. The van der Waals surface area contributed by atoms with Crippen LogP contribution in [0.2, 0.25) is 0 Å². The number of rotatable bonds is 5. The highest BCUT2D eigenvalue weighted by molar-refractivity contribution is 14.1. The van der Waals surface area contributed by atoms with Crippen LogP contribution >= 0.6 is 22.6 Å². The smallest absolute Gasteiger partial charge is 0.255 e. The predicted molar refractivity (Wildman–Crippen MR) is 104 cm³/mol. The van der Waals surface area contributed by atoms with Gasteiger partial charge in [0.15, 0.2) is 11.6 Å². The van der Waals surface area contributed by atoms with E-state index in [1.807, 2.05) is 24.3 Å². The van der Waals surface area contributed by atoms with Gasteiger partial charge in [-0.15, -0.1) is 0 Å². The van der Waals surface area contributed by atoms with Crippen LogP contribution < -0.4 is 10.6 Å². The van der Waals surface area contributed by atoms with Crippen LogP contribution in [-0.4, -0.2) is 10.9 Å². The van der Waals surface area contributed by atoms with Crippen molar-refractivity contribution in [1.82, 2.24) is 10.3 Å². The summed E-state index contributed by atoms with van der Waals surface area (Å²) in [5, 5.41) is 5.81. The largest absolute Gasteiger partial charge is 0.348 e. The highest BCUT2D eigenvalue weighted by Crippen LogP contribution is 2.20. The van der Waals surface area contributed by atoms with Crippen molar-refractivity contribution >= 4 is 40.0 Å². The summed E-state index contributed by atoms with van der Waals surface area (Å²) in [5.74, 6) is -1.82. The summed E-state index contributed by atoms with van der Waals surface area (Å²) in [7, 11) is 0. The molecule has 2 N–H and O–H groups in total. The molecule has 26 heavy (non-hydrogen) atoms. The molecule has 4 nitrogen and oxygen atoms in total. The van der Waals surface area contributed by atoms with Crippen molar-refractivity contribution in [1.29, 1.82) is 0 Å². The van der Waals surface area contributed by atoms with Crippen molar-refractivity contribution in [3.05, 3.63) is 87.1 Å². The molecule has 0 fully saturated rings. The van der Waals surface area contributed by atoms with E-state index in [0.717, 1.165) is 21.4 Å². The maximum atomic E-state index is 13.3. The quantitative estimate of drug-likeness (QED) is 0.541. The minimum atomic E-state index is -0.945. The zero-order valence-electron chi connectivity index (χ0n) is 13.5. The monoisotopic (exact) mass is 465 g/mol. The molecule has 3 rings (SSSR count). The predicted octanol–water partition coefficient (Wildman–Crippen LogP) is 4.64. The summed E-state index contributed by atoms with van der Waals surface area (Å²) in [6.07, 6.45) is 1.59. The lowest BCUT2D eigenvalue weighted by atomic mass is 10.2. The van der Waals surface area contributed by atoms with E-state index in [1.54, 1.807) is 18.3 Å². The second kappa shape index (κ2) is 8.22. The number of amides is 1. The molecule has 0 saturated carbocycles. The average Bonchev–Trinajstić information content (AvgIpc) is 2.63. The molecule has 3 aromatic rings. The van der Waals surface area contributed by atoms with Gasteiger partial charge in [-0.05, 0) is 70.6 Å². The fraction of sp³-hybridized carbons (Fsp3) is 0.0526. The van der Waals surface area contributed by atoms with Crippen molar-refractivity contribution in [3.8, 4) is 0 Å². The number of pyridine rings is 1. The Labute approximate surface area is 162 Å². The van der Waals surface area contributed by atoms with Crippen LogP contribution in [0.4, 0.5) is 20.3 Å². The molecule has 0 atom stereocenters. The third-order valence-corrected chi connectivity index (χ3v) is 4.25. The van der Waals surface area contributed by atoms with Gasteiger partial charge in [0.25, 0.3) is 5.91 Å². The Hall–Kier alpha value is -2.55. The van der Waals surface area contributed by atoms with Gasteiger partial charge in [0.1, 0.15) is 5.82 Å². The summed E-state index contributed by atoms with van der Waals surface area (Å²) in [4.78, 5) is 16.7. The fourth-order valence-electron chi connectivity index (χ4n) is 2.32. The van der Waals surface area contributed by atoms with E-state index in [2.05, 4.69) is 38.2 Å². The number of halogens is 3. The molecule has 132 valence electrons. The third-order valence-electron chi connectivity index (χ3n) is 3.58. The zero-order valence-corrected chi connectivity index (χ0v) is 15.6. The topological polar surface area (TPSA) is 54.0 Å². The number of anilines is 2. The number of carbonyl (C=O) groups is 1. The molecule has 1 heterocycles. The minimum absolute atomic E-state index is 0.0770. The second-order valence-corrected chi connectivity index (χ2v) is 6.71. The molecular formula is C19H14F2IN3O. The Bertz CT molecular complexity index is 950. The standard InChI is InChI=1S/C19H14F2IN3O/c20-16-7-6-12(9-17(16)21)11-24-19(26)15-5-2-8-23-18(15)25-14-4-1-3-13(22)10-14/h1-10H,11H2,(H,23,25)(H,24,26). The molecule has 0 aliphatic carbocycles. The second-order valence-electron chi connectivity index (χ2n) is 5.47. The van der Waals surface area contributed by atoms with Crippen LogP contribution in [0.15, 0.2) is 60.8 Å². The van der Waals surface area contributed by atoms with E-state index in [9.17, 15) is 13.6 Å². The van der Waals surface area contributed by atoms with Gasteiger partial charge in [-0.25, -0.2) is 13.8 Å². The zero-order chi connectivity index (χ0) is 18.5. The molecule has 0 saturated heterocycles. The molecule has 0 bridgehead atoms. The number of nitrogens with zero attached hydrogens (tertiary/aromatic N) is 1. The molecule has 7 heteroatoms. The number of nitrogens with one attached hydrogen (secondary N) is 2. The molecule has 0 aliphatic heterocycles. The highest BCUT2D eigenvalue weighted by atomic mass is 127. The van der Waals surface area contributed by atoms with Crippen LogP contribution in [0.1, 0.15) is 15.9 Å². The van der Waals surface area contributed by atoms with Gasteiger partial charge in [-0.1, -0.05) is 12.1 Å². The first-order valence-corrected chi connectivity index (χ1v) is 8.80. The number of hydrogen-bond donors (Lipinski definition) is 2. The van der Waals surface area contributed by atoms with Crippen LogP contribution in [0.25, 0.3) is 0 Å². The van der Waals surface area contributed by atoms with E-state index in [-0.39, 0.29) is 12.5 Å². The van der Waals surface area contributed by atoms with E-state index in [0.29, 0.717) is 16.9 Å². The van der Waals surface area contributed by atoms with E-state index >= 15 is 0 Å². The highest BCUT2D eigenvalue weighted by Gasteiger charge is 2.13. The Morgan fingerprint density at radius 2 is 1.88 bits per heavy atom. The summed E-state index contributed by atoms with van der Waals surface area (Å²) in [6.45, 7) is 0.0770. The number of carbonyl (C=O) groups excluding carboxylic acids is 1. The van der Waals surface area contributed by atoms with Crippen molar-refractivity contribution in [2.75, 3.05) is 5.32 Å². The number of benzene rings is 2. The average molecular weight is 465 g/mol. The van der Waals surface area contributed by atoms with Gasteiger partial charge < -0.3 is 10.6 Å². The van der Waals surface area contributed by atoms with Crippen LogP contribution in [0, 0.1) is 15.2 Å². The summed E-state index contributed by atoms with van der Waals surface area (Å²) in [6, 6.07) is 14.5. The fourth-order valence-corrected chi connectivity index (χ4v) is 2.86. The van der Waals surface area contributed by atoms with E-state index < -0.39 is 11.6 Å². The molecule has 0 unspecified atom stereocenters. The molecule has 0 aliphatic rings. The molecule has 1 aromatic heterocycles. The lowest BCUT2D eigenvalue weighted by Gasteiger charge is -2.11. The van der Waals surface area contributed by atoms with Gasteiger partial charge in [-0.3, -0.25) is 4.79 Å². The number of aromatic nitrogens is 1. The van der Waals surface area contributed by atoms with Gasteiger partial charge in [0, 0.05) is 22.0 Å². The molecule has 1 amide bonds. The molecule has 2 aromatic carbocycles. The Morgan fingerprint density at radius 1 is 1.04 bits per heavy atom. The number of hydrogen-bond acceptors (Lipinski definition) is 3. The Balaban J connectivity index is 1.74. The lowest BCUT2D eigenvalue weighted by molar-refractivity contribution is 0.0951. The van der Waals surface area contributed by atoms with Gasteiger partial charge in [0.05, 0.1) is 5.56 Å². The van der Waals surface area contributed by atoms with E-state index in [1.165, 1.54) is 6.07 Å². The van der Waals surface area contributed by atoms with Crippen molar-refractivity contribution in [3.63, 3.8) is 0 Å². The first-order chi connectivity index (χ1) is 12.5. The summed E-state index contributed by atoms with van der Waals surface area (Å²) >= 11 is 2.20. The normalized spacial score (nSPS) is 10.4.